The molecule has 3 rings (SSSR count). The summed E-state index contributed by atoms with van der Waals surface area (Å²) in [6, 6.07) is 10.4. The maximum Gasteiger partial charge on any atom is 0.416 e. The zero-order valence-corrected chi connectivity index (χ0v) is 14.8. The highest BCUT2D eigenvalue weighted by molar-refractivity contribution is 5.94. The summed E-state index contributed by atoms with van der Waals surface area (Å²) in [4.78, 5) is 23.4. The van der Waals surface area contributed by atoms with Gasteiger partial charge in [-0.05, 0) is 42.5 Å². The van der Waals surface area contributed by atoms with Crippen molar-refractivity contribution in [1.82, 2.24) is 9.78 Å². The molecule has 2 amide bonds. The number of nitrogens with two attached hydrogens (primary N) is 1. The number of hydrogen-bond acceptors (Lipinski definition) is 4. The molecule has 0 fully saturated rings. The van der Waals surface area contributed by atoms with Gasteiger partial charge in [-0.15, -0.1) is 0 Å². The molecule has 0 aliphatic carbocycles. The topological polar surface area (TPSA) is 99.2 Å². The monoisotopic (exact) mass is 404 g/mol. The molecule has 0 aliphatic heterocycles. The molecule has 1 aromatic heterocycles. The SMILES string of the molecule is NC(=O)c1cccc(OCC(=O)Nc2cc(C(F)(F)F)ccc2-n2cccn2)c1. The van der Waals surface area contributed by atoms with E-state index in [0.717, 1.165) is 12.1 Å². The molecule has 3 aromatic rings. The number of carbonyl (C=O) groups is 2. The van der Waals surface area contributed by atoms with Crippen LogP contribution < -0.4 is 15.8 Å². The van der Waals surface area contributed by atoms with Crippen LogP contribution in [0.3, 0.4) is 0 Å². The lowest BCUT2D eigenvalue weighted by Gasteiger charge is -2.15. The molecule has 0 radical (unpaired) electrons. The number of nitrogens with zero attached hydrogens (tertiary/aromatic N) is 2. The van der Waals surface area contributed by atoms with E-state index in [1.807, 2.05) is 0 Å². The highest BCUT2D eigenvalue weighted by Gasteiger charge is 2.31. The van der Waals surface area contributed by atoms with Crippen molar-refractivity contribution in [1.29, 1.82) is 0 Å². The minimum absolute atomic E-state index is 0.0805. The van der Waals surface area contributed by atoms with E-state index in [4.69, 9.17) is 10.5 Å². The Kier molecular flexibility index (Phi) is 5.53. The highest BCUT2D eigenvalue weighted by atomic mass is 19.4. The smallest absolute Gasteiger partial charge is 0.416 e. The number of hydrogen-bond donors (Lipinski definition) is 2. The van der Waals surface area contributed by atoms with E-state index in [1.165, 1.54) is 47.4 Å². The summed E-state index contributed by atoms with van der Waals surface area (Å²) in [7, 11) is 0. The number of halogens is 3. The first-order valence-electron chi connectivity index (χ1n) is 8.28. The van der Waals surface area contributed by atoms with Crippen LogP contribution in [0.4, 0.5) is 18.9 Å². The lowest BCUT2D eigenvalue weighted by Crippen LogP contribution is -2.22. The lowest BCUT2D eigenvalue weighted by atomic mass is 10.1. The van der Waals surface area contributed by atoms with Crippen LogP contribution in [0.1, 0.15) is 15.9 Å². The Morgan fingerprint density at radius 2 is 1.93 bits per heavy atom. The van der Waals surface area contributed by atoms with Crippen LogP contribution in [0, 0.1) is 0 Å². The molecule has 0 spiro atoms. The summed E-state index contributed by atoms with van der Waals surface area (Å²) in [5.74, 6) is -1.14. The van der Waals surface area contributed by atoms with Crippen LogP contribution in [0.25, 0.3) is 5.69 Å². The van der Waals surface area contributed by atoms with E-state index in [1.54, 1.807) is 6.07 Å². The second-order valence-electron chi connectivity index (χ2n) is 5.91. The van der Waals surface area contributed by atoms with Gasteiger partial charge in [0, 0.05) is 18.0 Å². The van der Waals surface area contributed by atoms with Gasteiger partial charge in [-0.3, -0.25) is 9.59 Å². The van der Waals surface area contributed by atoms with E-state index in [0.29, 0.717) is 0 Å². The Morgan fingerprint density at radius 3 is 2.59 bits per heavy atom. The predicted molar refractivity (Wildman–Crippen MR) is 97.7 cm³/mol. The molecule has 0 bridgehead atoms. The summed E-state index contributed by atoms with van der Waals surface area (Å²) in [5, 5.41) is 6.38. The van der Waals surface area contributed by atoms with Gasteiger partial charge < -0.3 is 15.8 Å². The van der Waals surface area contributed by atoms with Gasteiger partial charge in [0.15, 0.2) is 6.61 Å². The first kappa shape index (κ1) is 19.9. The third kappa shape index (κ3) is 4.92. The second kappa shape index (κ2) is 8.05. The predicted octanol–water partition coefficient (Wildman–Crippen LogP) is 3.01. The maximum absolute atomic E-state index is 13.1. The molecular formula is C19H15F3N4O3. The van der Waals surface area contributed by atoms with Gasteiger partial charge >= 0.3 is 6.18 Å². The van der Waals surface area contributed by atoms with Crippen LogP contribution in [0.15, 0.2) is 60.9 Å². The number of ether oxygens (including phenoxy) is 1. The summed E-state index contributed by atoms with van der Waals surface area (Å²) >= 11 is 0. The fourth-order valence-electron chi connectivity index (χ4n) is 2.50. The Labute approximate surface area is 162 Å². The summed E-state index contributed by atoms with van der Waals surface area (Å²) < 4.78 is 45.8. The van der Waals surface area contributed by atoms with Crippen molar-refractivity contribution in [3.8, 4) is 11.4 Å². The molecule has 2 aromatic carbocycles. The zero-order chi connectivity index (χ0) is 21.0. The molecule has 29 heavy (non-hydrogen) atoms. The Balaban J connectivity index is 1.78. The molecule has 7 nitrogen and oxygen atoms in total. The highest BCUT2D eigenvalue weighted by Crippen LogP contribution is 2.33. The van der Waals surface area contributed by atoms with Crippen molar-refractivity contribution in [2.75, 3.05) is 11.9 Å². The molecular weight excluding hydrogens is 389 g/mol. The fraction of sp³-hybridized carbons (Fsp3) is 0.105. The number of benzene rings is 2. The summed E-state index contributed by atoms with van der Waals surface area (Å²) in [5.41, 5.74) is 4.63. The standard InChI is InChI=1S/C19H15F3N4O3/c20-19(21,22)13-5-6-16(26-8-2-7-24-26)15(10-13)25-17(27)11-29-14-4-1-3-12(9-14)18(23)28/h1-10H,11H2,(H2,23,28)(H,25,27). The Hall–Kier alpha value is -3.82. The quantitative estimate of drug-likeness (QED) is 0.660. The van der Waals surface area contributed by atoms with Crippen molar-refractivity contribution in [2.45, 2.75) is 6.18 Å². The molecule has 150 valence electrons. The van der Waals surface area contributed by atoms with Crippen molar-refractivity contribution in [3.05, 3.63) is 72.1 Å². The van der Waals surface area contributed by atoms with E-state index < -0.39 is 30.2 Å². The second-order valence-corrected chi connectivity index (χ2v) is 5.91. The van der Waals surface area contributed by atoms with Gasteiger partial charge in [-0.2, -0.15) is 18.3 Å². The number of alkyl halides is 3. The first-order chi connectivity index (χ1) is 13.7. The average Bonchev–Trinajstić information content (AvgIpc) is 3.20. The van der Waals surface area contributed by atoms with E-state index >= 15 is 0 Å². The van der Waals surface area contributed by atoms with Crippen LogP contribution >= 0.6 is 0 Å². The fourth-order valence-corrected chi connectivity index (χ4v) is 2.50. The largest absolute Gasteiger partial charge is 0.484 e. The molecule has 0 aliphatic rings. The number of nitrogens with one attached hydrogen (secondary N) is 1. The molecule has 3 N–H and O–H groups in total. The van der Waals surface area contributed by atoms with Crippen LogP contribution in [-0.4, -0.2) is 28.2 Å². The molecule has 0 saturated carbocycles. The van der Waals surface area contributed by atoms with Gasteiger partial charge in [0.05, 0.1) is 16.9 Å². The minimum atomic E-state index is -4.58. The van der Waals surface area contributed by atoms with Gasteiger partial charge in [0.1, 0.15) is 5.75 Å². The number of anilines is 1. The third-order valence-corrected chi connectivity index (χ3v) is 3.84. The number of amides is 2. The van der Waals surface area contributed by atoms with Gasteiger partial charge in [-0.25, -0.2) is 4.68 Å². The van der Waals surface area contributed by atoms with Gasteiger partial charge in [-0.1, -0.05) is 6.07 Å². The van der Waals surface area contributed by atoms with Crippen molar-refractivity contribution >= 4 is 17.5 Å². The summed E-state index contributed by atoms with van der Waals surface area (Å²) in [6.07, 6.45) is -1.59. The van der Waals surface area contributed by atoms with E-state index in [9.17, 15) is 22.8 Å². The molecule has 0 saturated heterocycles. The van der Waals surface area contributed by atoms with Crippen LogP contribution in [0.2, 0.25) is 0 Å². The van der Waals surface area contributed by atoms with Crippen molar-refractivity contribution < 1.29 is 27.5 Å². The number of primary amides is 1. The van der Waals surface area contributed by atoms with Gasteiger partial charge in [0.25, 0.3) is 5.91 Å². The van der Waals surface area contributed by atoms with E-state index in [2.05, 4.69) is 10.4 Å². The Morgan fingerprint density at radius 1 is 1.14 bits per heavy atom. The van der Waals surface area contributed by atoms with Crippen LogP contribution in [-0.2, 0) is 11.0 Å². The van der Waals surface area contributed by atoms with Crippen LogP contribution in [0.5, 0.6) is 5.75 Å². The van der Waals surface area contributed by atoms with Gasteiger partial charge in [0.2, 0.25) is 5.91 Å². The molecule has 1 heterocycles. The Bertz CT molecular complexity index is 1030. The normalized spacial score (nSPS) is 11.1. The van der Waals surface area contributed by atoms with E-state index in [-0.39, 0.29) is 22.7 Å². The average molecular weight is 404 g/mol. The minimum Gasteiger partial charge on any atom is -0.484 e. The number of carbonyl (C=O) groups excluding carboxylic acids is 2. The molecule has 10 heteroatoms. The molecule has 0 atom stereocenters. The lowest BCUT2D eigenvalue weighted by molar-refractivity contribution is -0.137. The summed E-state index contributed by atoms with van der Waals surface area (Å²) in [6.45, 7) is -0.489. The maximum atomic E-state index is 13.1. The third-order valence-electron chi connectivity index (χ3n) is 3.84. The number of rotatable bonds is 6. The first-order valence-corrected chi connectivity index (χ1v) is 8.28. The molecule has 0 unspecified atom stereocenters. The number of aromatic nitrogens is 2. The van der Waals surface area contributed by atoms with Crippen molar-refractivity contribution in [2.24, 2.45) is 5.73 Å². The zero-order valence-electron chi connectivity index (χ0n) is 14.8. The van der Waals surface area contributed by atoms with Crippen molar-refractivity contribution in [3.63, 3.8) is 0 Å².